The van der Waals surface area contributed by atoms with Gasteiger partial charge in [0, 0.05) is 19.8 Å². The standard InChI is InChI=1S/C12H22F5NO4Si/c1-4-21-23(3,22-5-2)8-6-7-18-10(19)20-9-11(13,14)12(15,16)17/h4-9H2,1-3H3,(H,18,19). The fourth-order valence-corrected chi connectivity index (χ4v) is 4.10. The Labute approximate surface area is 132 Å². The fourth-order valence-electron chi connectivity index (χ4n) is 1.69. The highest BCUT2D eigenvalue weighted by Crippen LogP contribution is 2.35. The maximum absolute atomic E-state index is 12.5. The van der Waals surface area contributed by atoms with Crippen molar-refractivity contribution in [2.75, 3.05) is 26.4 Å². The first-order valence-electron chi connectivity index (χ1n) is 7.10. The van der Waals surface area contributed by atoms with E-state index in [1.807, 2.05) is 20.4 Å². The molecule has 0 atom stereocenters. The summed E-state index contributed by atoms with van der Waals surface area (Å²) in [5, 5.41) is 2.11. The van der Waals surface area contributed by atoms with E-state index in [-0.39, 0.29) is 6.54 Å². The summed E-state index contributed by atoms with van der Waals surface area (Å²) in [5.74, 6) is -5.07. The maximum atomic E-state index is 12.5. The molecule has 1 amide bonds. The molecule has 23 heavy (non-hydrogen) atoms. The molecule has 1 N–H and O–H groups in total. The largest absolute Gasteiger partial charge is 0.456 e. The molecule has 0 aromatic heterocycles. The summed E-state index contributed by atoms with van der Waals surface area (Å²) in [5.41, 5.74) is 0. The van der Waals surface area contributed by atoms with Crippen LogP contribution in [0.3, 0.4) is 0 Å². The Kier molecular flexibility index (Phi) is 8.99. The van der Waals surface area contributed by atoms with Crippen molar-refractivity contribution in [1.82, 2.24) is 5.32 Å². The Morgan fingerprint density at radius 1 is 1.09 bits per heavy atom. The topological polar surface area (TPSA) is 56.8 Å². The predicted molar refractivity (Wildman–Crippen MR) is 74.6 cm³/mol. The van der Waals surface area contributed by atoms with E-state index in [9.17, 15) is 26.7 Å². The van der Waals surface area contributed by atoms with Crippen molar-refractivity contribution in [1.29, 1.82) is 0 Å². The van der Waals surface area contributed by atoms with Gasteiger partial charge in [0.1, 0.15) is 0 Å². The van der Waals surface area contributed by atoms with E-state index in [1.165, 1.54) is 0 Å². The number of carbonyl (C=O) groups excluding carboxylic acids is 1. The molecule has 0 bridgehead atoms. The van der Waals surface area contributed by atoms with Crippen LogP contribution in [0.25, 0.3) is 0 Å². The normalized spacial score (nSPS) is 13.0. The SMILES string of the molecule is CCO[Si](C)(CCCNC(=O)OCC(F)(F)C(F)(F)F)OCC. The Hall–Kier alpha value is -0.943. The third-order valence-electron chi connectivity index (χ3n) is 2.78. The summed E-state index contributed by atoms with van der Waals surface area (Å²) in [6.45, 7) is 4.45. The first kappa shape index (κ1) is 22.1. The van der Waals surface area contributed by atoms with Gasteiger partial charge in [-0.3, -0.25) is 0 Å². The maximum Gasteiger partial charge on any atom is 0.456 e. The van der Waals surface area contributed by atoms with Gasteiger partial charge in [-0.25, -0.2) is 4.79 Å². The van der Waals surface area contributed by atoms with Crippen molar-refractivity contribution >= 4 is 14.7 Å². The monoisotopic (exact) mass is 367 g/mol. The Morgan fingerprint density at radius 2 is 1.61 bits per heavy atom. The van der Waals surface area contributed by atoms with E-state index < -0.39 is 33.4 Å². The van der Waals surface area contributed by atoms with Gasteiger partial charge in [-0.1, -0.05) is 0 Å². The number of hydrogen-bond acceptors (Lipinski definition) is 4. The van der Waals surface area contributed by atoms with Gasteiger partial charge in [-0.2, -0.15) is 22.0 Å². The molecule has 0 heterocycles. The number of rotatable bonds is 10. The van der Waals surface area contributed by atoms with Crippen LogP contribution in [0.4, 0.5) is 26.7 Å². The van der Waals surface area contributed by atoms with Gasteiger partial charge in [0.15, 0.2) is 6.61 Å². The van der Waals surface area contributed by atoms with Gasteiger partial charge in [-0.05, 0) is 32.9 Å². The molecule has 0 aromatic carbocycles. The van der Waals surface area contributed by atoms with Gasteiger partial charge in [-0.15, -0.1) is 0 Å². The van der Waals surface area contributed by atoms with E-state index in [2.05, 4.69) is 10.1 Å². The summed E-state index contributed by atoms with van der Waals surface area (Å²) in [4.78, 5) is 11.1. The van der Waals surface area contributed by atoms with Crippen molar-refractivity contribution in [3.8, 4) is 0 Å². The highest BCUT2D eigenvalue weighted by atomic mass is 28.4. The lowest BCUT2D eigenvalue weighted by atomic mass is 10.3. The molecular weight excluding hydrogens is 345 g/mol. The predicted octanol–water partition coefficient (Wildman–Crippen LogP) is 3.45. The zero-order chi connectivity index (χ0) is 18.1. The molecule has 0 saturated carbocycles. The molecular formula is C12H22F5NO4Si. The summed E-state index contributed by atoms with van der Waals surface area (Å²) in [6, 6.07) is 0.535. The minimum atomic E-state index is -5.75. The number of alkyl carbamates (subject to hydrolysis) is 1. The molecule has 0 rings (SSSR count). The number of nitrogens with one attached hydrogen (secondary N) is 1. The molecule has 0 aliphatic heterocycles. The van der Waals surface area contributed by atoms with E-state index in [4.69, 9.17) is 8.85 Å². The van der Waals surface area contributed by atoms with Gasteiger partial charge in [0.25, 0.3) is 0 Å². The molecule has 138 valence electrons. The van der Waals surface area contributed by atoms with E-state index in [1.54, 1.807) is 0 Å². The molecule has 0 aliphatic carbocycles. The van der Waals surface area contributed by atoms with Gasteiger partial charge in [0.05, 0.1) is 0 Å². The lowest BCUT2D eigenvalue weighted by Gasteiger charge is -2.25. The Morgan fingerprint density at radius 3 is 2.04 bits per heavy atom. The van der Waals surface area contributed by atoms with Crippen molar-refractivity contribution in [3.05, 3.63) is 0 Å². The molecule has 0 aliphatic rings. The molecule has 0 aromatic rings. The number of hydrogen-bond donors (Lipinski definition) is 1. The van der Waals surface area contributed by atoms with Crippen LogP contribution in [0.15, 0.2) is 0 Å². The van der Waals surface area contributed by atoms with E-state index >= 15 is 0 Å². The first-order chi connectivity index (χ1) is 10.5. The number of halogens is 5. The minimum absolute atomic E-state index is 0.0547. The van der Waals surface area contributed by atoms with Crippen molar-refractivity contribution in [3.63, 3.8) is 0 Å². The van der Waals surface area contributed by atoms with Crippen molar-refractivity contribution in [2.45, 2.75) is 45.0 Å². The van der Waals surface area contributed by atoms with Gasteiger partial charge in [0.2, 0.25) is 0 Å². The Balaban J connectivity index is 4.08. The Bertz CT molecular complexity index is 362. The highest BCUT2D eigenvalue weighted by molar-refractivity contribution is 6.66. The first-order valence-corrected chi connectivity index (χ1v) is 9.63. The summed E-state index contributed by atoms with van der Waals surface area (Å²) in [7, 11) is -2.36. The van der Waals surface area contributed by atoms with Crippen LogP contribution >= 0.6 is 0 Å². The van der Waals surface area contributed by atoms with Crippen LogP contribution in [-0.4, -0.2) is 53.1 Å². The average Bonchev–Trinajstić information content (AvgIpc) is 2.41. The van der Waals surface area contributed by atoms with Crippen LogP contribution in [0, 0.1) is 0 Å². The average molecular weight is 367 g/mol. The van der Waals surface area contributed by atoms with Crippen molar-refractivity contribution < 1.29 is 40.3 Å². The van der Waals surface area contributed by atoms with Crippen molar-refractivity contribution in [2.24, 2.45) is 0 Å². The van der Waals surface area contributed by atoms with Crippen LogP contribution in [-0.2, 0) is 13.6 Å². The van der Waals surface area contributed by atoms with Crippen LogP contribution in [0.5, 0.6) is 0 Å². The van der Waals surface area contributed by atoms with E-state index in [0.29, 0.717) is 25.7 Å². The number of amides is 1. The quantitative estimate of drug-likeness (QED) is 0.365. The summed E-state index contributed by atoms with van der Waals surface area (Å²) >= 11 is 0. The van der Waals surface area contributed by atoms with E-state index in [0.717, 1.165) is 0 Å². The number of alkyl halides is 5. The highest BCUT2D eigenvalue weighted by Gasteiger charge is 2.58. The zero-order valence-electron chi connectivity index (χ0n) is 13.3. The second kappa shape index (κ2) is 9.38. The lowest BCUT2D eigenvalue weighted by Crippen LogP contribution is -2.43. The molecule has 0 fully saturated rings. The van der Waals surface area contributed by atoms with Crippen LogP contribution in [0.1, 0.15) is 20.3 Å². The molecule has 0 radical (unpaired) electrons. The molecule has 0 saturated heterocycles. The molecule has 0 spiro atoms. The lowest BCUT2D eigenvalue weighted by molar-refractivity contribution is -0.292. The van der Waals surface area contributed by atoms with Crippen LogP contribution in [0.2, 0.25) is 12.6 Å². The van der Waals surface area contributed by atoms with Crippen LogP contribution < -0.4 is 5.32 Å². The molecule has 0 unspecified atom stereocenters. The summed E-state index contributed by atoms with van der Waals surface area (Å²) < 4.78 is 75.7. The second-order valence-corrected chi connectivity index (χ2v) is 8.15. The molecule has 5 nitrogen and oxygen atoms in total. The number of carbonyl (C=O) groups is 1. The molecule has 11 heteroatoms. The fraction of sp³-hybridized carbons (Fsp3) is 0.917. The zero-order valence-corrected chi connectivity index (χ0v) is 14.3. The number of ether oxygens (including phenoxy) is 1. The minimum Gasteiger partial charge on any atom is -0.443 e. The smallest absolute Gasteiger partial charge is 0.443 e. The second-order valence-electron chi connectivity index (χ2n) is 4.81. The summed E-state index contributed by atoms with van der Waals surface area (Å²) in [6.07, 6.45) is -6.66. The van der Waals surface area contributed by atoms with Gasteiger partial charge < -0.3 is 18.9 Å². The third kappa shape index (κ3) is 8.46. The van der Waals surface area contributed by atoms with Gasteiger partial charge >= 0.3 is 26.8 Å². The third-order valence-corrected chi connectivity index (χ3v) is 5.84.